The molecule has 0 saturated heterocycles. The molecule has 1 aromatic rings. The molecule has 4 N–H and O–H groups in total. The maximum absolute atomic E-state index is 12.4. The maximum atomic E-state index is 12.4. The second-order valence-electron chi connectivity index (χ2n) is 4.49. The van der Waals surface area contributed by atoms with Crippen molar-refractivity contribution in [3.63, 3.8) is 0 Å². The minimum Gasteiger partial charge on any atom is -0.396 e. The molecule has 1 atom stereocenters. The van der Waals surface area contributed by atoms with Crippen LogP contribution in [0.5, 0.6) is 0 Å². The molecule has 0 aliphatic rings. The van der Waals surface area contributed by atoms with Gasteiger partial charge in [0.25, 0.3) is 6.43 Å². The molecule has 1 unspecified atom stereocenters. The molecule has 3 nitrogen and oxygen atoms in total. The predicted molar refractivity (Wildman–Crippen MR) is 72.1 cm³/mol. The predicted octanol–water partition coefficient (Wildman–Crippen LogP) is 2.38. The van der Waals surface area contributed by atoms with Crippen LogP contribution in [0.3, 0.4) is 0 Å². The highest BCUT2D eigenvalue weighted by Gasteiger charge is 2.11. The lowest BCUT2D eigenvalue weighted by atomic mass is 10.0. The van der Waals surface area contributed by atoms with Gasteiger partial charge in [-0.05, 0) is 31.4 Å². The van der Waals surface area contributed by atoms with Gasteiger partial charge in [0.1, 0.15) is 0 Å². The number of hydrogen-bond acceptors (Lipinski definition) is 3. The van der Waals surface area contributed by atoms with E-state index in [0.29, 0.717) is 6.54 Å². The smallest absolute Gasteiger partial charge is 0.263 e. The van der Waals surface area contributed by atoms with E-state index in [1.165, 1.54) is 12.1 Å². The molecule has 0 heterocycles. The number of nitrogens with two attached hydrogens (primary N) is 1. The van der Waals surface area contributed by atoms with Gasteiger partial charge in [-0.25, -0.2) is 8.78 Å². The van der Waals surface area contributed by atoms with Gasteiger partial charge >= 0.3 is 0 Å². The van der Waals surface area contributed by atoms with Gasteiger partial charge in [0.15, 0.2) is 0 Å². The van der Waals surface area contributed by atoms with Crippen molar-refractivity contribution in [2.24, 2.45) is 5.73 Å². The monoisotopic (exact) mass is 272 g/mol. The first-order chi connectivity index (χ1) is 9.19. The molecule has 0 aromatic heterocycles. The zero-order valence-corrected chi connectivity index (χ0v) is 11.0. The minimum absolute atomic E-state index is 0.0131. The molecule has 0 spiro atoms. The van der Waals surface area contributed by atoms with Crippen molar-refractivity contribution in [2.45, 2.75) is 31.7 Å². The summed E-state index contributed by atoms with van der Waals surface area (Å²) in [4.78, 5) is 0. The van der Waals surface area contributed by atoms with Crippen molar-refractivity contribution in [1.29, 1.82) is 0 Å². The van der Waals surface area contributed by atoms with Crippen LogP contribution < -0.4 is 11.1 Å². The molecule has 0 aliphatic heterocycles. The van der Waals surface area contributed by atoms with Gasteiger partial charge in [-0.15, -0.1) is 0 Å². The van der Waals surface area contributed by atoms with Crippen LogP contribution in [0.25, 0.3) is 0 Å². The van der Waals surface area contributed by atoms with E-state index in [1.807, 2.05) is 0 Å². The third-order valence-corrected chi connectivity index (χ3v) is 3.05. The Morgan fingerprint density at radius 1 is 1.05 bits per heavy atom. The lowest BCUT2D eigenvalue weighted by Gasteiger charge is -2.17. The van der Waals surface area contributed by atoms with E-state index in [1.54, 1.807) is 12.1 Å². The summed E-state index contributed by atoms with van der Waals surface area (Å²) in [6.07, 6.45) is 0.298. The summed E-state index contributed by atoms with van der Waals surface area (Å²) in [7, 11) is 0. The minimum atomic E-state index is -2.43. The normalized spacial score (nSPS) is 12.9. The summed E-state index contributed by atoms with van der Waals surface area (Å²) in [5.74, 6) is 0. The number of benzene rings is 1. The Labute approximate surface area is 112 Å². The molecular formula is C14H22F2N2O. The zero-order valence-electron chi connectivity index (χ0n) is 11.0. The second kappa shape index (κ2) is 8.96. The van der Waals surface area contributed by atoms with Crippen LogP contribution in [-0.2, 0) is 0 Å². The number of aliphatic hydroxyl groups excluding tert-OH is 1. The first-order valence-electron chi connectivity index (χ1n) is 6.61. The van der Waals surface area contributed by atoms with E-state index in [9.17, 15) is 8.78 Å². The highest BCUT2D eigenvalue weighted by atomic mass is 19.3. The van der Waals surface area contributed by atoms with Crippen molar-refractivity contribution >= 4 is 0 Å². The number of aliphatic hydroxyl groups is 1. The molecular weight excluding hydrogens is 250 g/mol. The van der Waals surface area contributed by atoms with Crippen LogP contribution in [0, 0.1) is 0 Å². The molecule has 0 bridgehead atoms. The van der Waals surface area contributed by atoms with E-state index in [2.05, 4.69) is 5.32 Å². The molecule has 5 heteroatoms. The number of unbranched alkanes of at least 4 members (excludes halogenated alkanes) is 2. The number of rotatable bonds is 9. The fourth-order valence-electron chi connectivity index (χ4n) is 1.90. The van der Waals surface area contributed by atoms with E-state index in [0.717, 1.165) is 31.4 Å². The number of nitrogens with one attached hydrogen (secondary N) is 1. The fraction of sp³-hybridized carbons (Fsp3) is 0.571. The quantitative estimate of drug-likeness (QED) is 0.605. The van der Waals surface area contributed by atoms with Crippen LogP contribution in [0.15, 0.2) is 24.3 Å². The zero-order chi connectivity index (χ0) is 14.1. The van der Waals surface area contributed by atoms with Crippen LogP contribution >= 0.6 is 0 Å². The average molecular weight is 272 g/mol. The Kier molecular flexibility index (Phi) is 7.55. The largest absolute Gasteiger partial charge is 0.396 e. The Balaban J connectivity index is 2.45. The maximum Gasteiger partial charge on any atom is 0.263 e. The van der Waals surface area contributed by atoms with Crippen LogP contribution in [0.4, 0.5) is 8.78 Å². The Bertz CT molecular complexity index is 344. The Morgan fingerprint density at radius 2 is 1.68 bits per heavy atom. The van der Waals surface area contributed by atoms with Crippen molar-refractivity contribution in [3.05, 3.63) is 35.4 Å². The van der Waals surface area contributed by atoms with Gasteiger partial charge in [0.05, 0.1) is 0 Å². The highest BCUT2D eigenvalue weighted by Crippen LogP contribution is 2.21. The fourth-order valence-corrected chi connectivity index (χ4v) is 1.90. The summed E-state index contributed by atoms with van der Waals surface area (Å²) in [5.41, 5.74) is 6.65. The molecule has 0 fully saturated rings. The summed E-state index contributed by atoms with van der Waals surface area (Å²) in [6.45, 7) is 1.45. The van der Waals surface area contributed by atoms with Gasteiger partial charge in [-0.2, -0.15) is 0 Å². The summed E-state index contributed by atoms with van der Waals surface area (Å²) in [6, 6.07) is 6.26. The van der Waals surface area contributed by atoms with Crippen molar-refractivity contribution in [3.8, 4) is 0 Å². The van der Waals surface area contributed by atoms with Gasteiger partial charge in [-0.1, -0.05) is 24.3 Å². The molecule has 19 heavy (non-hydrogen) atoms. The number of alkyl halides is 2. The van der Waals surface area contributed by atoms with E-state index < -0.39 is 6.43 Å². The van der Waals surface area contributed by atoms with Crippen LogP contribution in [0.1, 0.15) is 42.9 Å². The average Bonchev–Trinajstić information content (AvgIpc) is 2.43. The second-order valence-corrected chi connectivity index (χ2v) is 4.49. The van der Waals surface area contributed by atoms with Crippen molar-refractivity contribution in [1.82, 2.24) is 5.32 Å². The third-order valence-electron chi connectivity index (χ3n) is 3.05. The lowest BCUT2D eigenvalue weighted by Crippen LogP contribution is -2.29. The molecule has 0 saturated carbocycles. The molecule has 0 amide bonds. The molecule has 1 rings (SSSR count). The van der Waals surface area contributed by atoms with Gasteiger partial charge < -0.3 is 16.2 Å². The first-order valence-corrected chi connectivity index (χ1v) is 6.61. The highest BCUT2D eigenvalue weighted by molar-refractivity contribution is 5.26. The van der Waals surface area contributed by atoms with Gasteiger partial charge in [0.2, 0.25) is 0 Å². The van der Waals surface area contributed by atoms with E-state index in [-0.39, 0.29) is 18.2 Å². The van der Waals surface area contributed by atoms with Crippen LogP contribution in [0.2, 0.25) is 0 Å². The standard InChI is InChI=1S/C14H22F2N2O/c15-14(16)12-6-4-11(5-7-12)13(10-17)18-8-2-1-3-9-19/h4-7,13-14,18-19H,1-3,8-10,17H2. The van der Waals surface area contributed by atoms with Crippen molar-refractivity contribution < 1.29 is 13.9 Å². The molecule has 108 valence electrons. The molecule has 1 aromatic carbocycles. The summed E-state index contributed by atoms with van der Waals surface area (Å²) >= 11 is 0. The van der Waals surface area contributed by atoms with E-state index >= 15 is 0 Å². The number of halogens is 2. The molecule has 0 radical (unpaired) electrons. The number of hydrogen-bond donors (Lipinski definition) is 3. The van der Waals surface area contributed by atoms with Gasteiger partial charge in [-0.3, -0.25) is 0 Å². The SMILES string of the molecule is NCC(NCCCCCO)c1ccc(C(F)F)cc1. The summed E-state index contributed by atoms with van der Waals surface area (Å²) < 4.78 is 24.9. The Morgan fingerprint density at radius 3 is 2.21 bits per heavy atom. The van der Waals surface area contributed by atoms with Crippen LogP contribution in [-0.4, -0.2) is 24.8 Å². The summed E-state index contributed by atoms with van der Waals surface area (Å²) in [5, 5.41) is 12.0. The topological polar surface area (TPSA) is 58.3 Å². The Hall–Kier alpha value is -1.04. The first kappa shape index (κ1) is 16.0. The molecule has 0 aliphatic carbocycles. The van der Waals surface area contributed by atoms with Gasteiger partial charge in [0, 0.05) is 24.8 Å². The third kappa shape index (κ3) is 5.63. The van der Waals surface area contributed by atoms with Crippen molar-refractivity contribution in [2.75, 3.05) is 19.7 Å². The van der Waals surface area contributed by atoms with E-state index in [4.69, 9.17) is 10.8 Å². The lowest BCUT2D eigenvalue weighted by molar-refractivity contribution is 0.151.